The molecule has 1 atom stereocenters. The highest BCUT2D eigenvalue weighted by Gasteiger charge is 2.32. The molecule has 154 valence electrons. The first-order valence-electron chi connectivity index (χ1n) is 9.26. The smallest absolute Gasteiger partial charge is 0.262 e. The van der Waals surface area contributed by atoms with E-state index in [4.69, 9.17) is 16.3 Å². The lowest BCUT2D eigenvalue weighted by Gasteiger charge is -2.36. The lowest BCUT2D eigenvalue weighted by molar-refractivity contribution is -0.135. The maximum atomic E-state index is 13.0. The lowest BCUT2D eigenvalue weighted by Crippen LogP contribution is -2.48. The van der Waals surface area contributed by atoms with Crippen LogP contribution in [0.1, 0.15) is 32.6 Å². The molecule has 28 heavy (non-hydrogen) atoms. The molecule has 2 aliphatic rings. The van der Waals surface area contributed by atoms with Gasteiger partial charge in [-0.3, -0.25) is 9.59 Å². The molecule has 2 aliphatic heterocycles. The number of likely N-dealkylation sites (tertiary alicyclic amines) is 1. The molecule has 2 amide bonds. The summed E-state index contributed by atoms with van der Waals surface area (Å²) in [6, 6.07) is 2.78. The number of nitrogens with one attached hydrogen (secondary N) is 1. The highest BCUT2D eigenvalue weighted by molar-refractivity contribution is 7.89. The minimum Gasteiger partial charge on any atom is -0.482 e. The zero-order valence-corrected chi connectivity index (χ0v) is 17.5. The molecule has 0 bridgehead atoms. The summed E-state index contributed by atoms with van der Waals surface area (Å²) in [7, 11) is -2.66. The topological polar surface area (TPSA) is 96.0 Å². The van der Waals surface area contributed by atoms with Crippen LogP contribution in [0, 0.1) is 0 Å². The van der Waals surface area contributed by atoms with Crippen molar-refractivity contribution in [3.63, 3.8) is 0 Å². The van der Waals surface area contributed by atoms with Gasteiger partial charge >= 0.3 is 0 Å². The van der Waals surface area contributed by atoms with E-state index >= 15 is 0 Å². The van der Waals surface area contributed by atoms with Crippen LogP contribution < -0.4 is 10.1 Å². The fourth-order valence-corrected chi connectivity index (χ4v) is 5.20. The van der Waals surface area contributed by atoms with Gasteiger partial charge in [0.15, 0.2) is 6.61 Å². The average molecular weight is 430 g/mol. The van der Waals surface area contributed by atoms with Gasteiger partial charge < -0.3 is 15.0 Å². The van der Waals surface area contributed by atoms with Gasteiger partial charge in [0.25, 0.3) is 5.91 Å². The summed E-state index contributed by atoms with van der Waals surface area (Å²) in [5.74, 6) is -0.325. The molecule has 1 saturated heterocycles. The molecule has 10 heteroatoms. The molecular formula is C18H24ClN3O5S. The maximum Gasteiger partial charge on any atom is 0.262 e. The largest absolute Gasteiger partial charge is 0.482 e. The Bertz CT molecular complexity index is 889. The maximum absolute atomic E-state index is 13.0. The van der Waals surface area contributed by atoms with Crippen molar-refractivity contribution in [3.8, 4) is 5.75 Å². The molecule has 1 aromatic carbocycles. The summed E-state index contributed by atoms with van der Waals surface area (Å²) in [5.41, 5.74) is 0.318. The number of sulfonamides is 1. The number of hydrogen-bond donors (Lipinski definition) is 1. The molecule has 0 unspecified atom stereocenters. The van der Waals surface area contributed by atoms with E-state index in [9.17, 15) is 18.0 Å². The van der Waals surface area contributed by atoms with Crippen LogP contribution in [0.3, 0.4) is 0 Å². The van der Waals surface area contributed by atoms with Gasteiger partial charge in [-0.2, -0.15) is 4.31 Å². The van der Waals surface area contributed by atoms with E-state index in [2.05, 4.69) is 5.32 Å². The molecule has 1 fully saturated rings. The SMILES string of the molecule is CC[C@@H]1CCCCN1C(=O)CN(C)S(=O)(=O)c1cc2c(cc1Cl)NC(=O)CO2. The first-order chi connectivity index (χ1) is 13.2. The second kappa shape index (κ2) is 8.26. The predicted octanol–water partition coefficient (Wildman–Crippen LogP) is 2.08. The second-order valence-corrected chi connectivity index (χ2v) is 9.44. The summed E-state index contributed by atoms with van der Waals surface area (Å²) in [5, 5.41) is 2.53. The number of fused-ring (bicyclic) bond motifs is 1. The molecule has 0 radical (unpaired) electrons. The van der Waals surface area contributed by atoms with Crippen molar-refractivity contribution < 1.29 is 22.7 Å². The van der Waals surface area contributed by atoms with Crippen molar-refractivity contribution in [2.75, 3.05) is 32.1 Å². The zero-order valence-electron chi connectivity index (χ0n) is 15.9. The third-order valence-corrected chi connectivity index (χ3v) is 7.40. The number of halogens is 1. The first kappa shape index (κ1) is 20.9. The summed E-state index contributed by atoms with van der Waals surface area (Å²) in [6.07, 6.45) is 3.80. The lowest BCUT2D eigenvalue weighted by atomic mass is 10.00. The standard InChI is InChI=1S/C18H24ClN3O5S/c1-3-12-6-4-5-7-22(12)18(24)10-21(2)28(25,26)16-9-15-14(8-13(16)19)20-17(23)11-27-15/h8-9,12H,3-7,10-11H2,1-2H3,(H,20,23)/t12-/m1/s1. The number of ether oxygens (including phenoxy) is 1. The number of hydrogen-bond acceptors (Lipinski definition) is 5. The van der Waals surface area contributed by atoms with E-state index in [0.29, 0.717) is 12.2 Å². The fraction of sp³-hybridized carbons (Fsp3) is 0.556. The van der Waals surface area contributed by atoms with E-state index in [-0.39, 0.29) is 46.7 Å². The highest BCUT2D eigenvalue weighted by atomic mass is 35.5. The first-order valence-corrected chi connectivity index (χ1v) is 11.1. The van der Waals surface area contributed by atoms with Gasteiger partial charge in [-0.15, -0.1) is 0 Å². The van der Waals surface area contributed by atoms with Crippen molar-refractivity contribution in [1.29, 1.82) is 0 Å². The van der Waals surface area contributed by atoms with Crippen LogP contribution in [-0.4, -0.2) is 62.2 Å². The predicted molar refractivity (Wildman–Crippen MR) is 105 cm³/mol. The molecule has 0 spiro atoms. The van der Waals surface area contributed by atoms with Crippen LogP contribution in [0.15, 0.2) is 17.0 Å². The minimum atomic E-state index is -4.01. The summed E-state index contributed by atoms with van der Waals surface area (Å²) in [6.45, 7) is 2.22. The average Bonchev–Trinajstić information content (AvgIpc) is 2.66. The van der Waals surface area contributed by atoms with Gasteiger partial charge in [-0.05, 0) is 31.7 Å². The molecule has 3 rings (SSSR count). The molecule has 1 N–H and O–H groups in total. The Hall–Kier alpha value is -1.84. The monoisotopic (exact) mass is 429 g/mol. The number of carbonyl (C=O) groups excluding carboxylic acids is 2. The third kappa shape index (κ3) is 4.11. The Labute approximate surface area is 169 Å². The highest BCUT2D eigenvalue weighted by Crippen LogP contribution is 2.36. The zero-order chi connectivity index (χ0) is 20.5. The van der Waals surface area contributed by atoms with E-state index < -0.39 is 10.0 Å². The minimum absolute atomic E-state index is 0.0479. The number of rotatable bonds is 5. The van der Waals surface area contributed by atoms with Crippen molar-refractivity contribution >= 4 is 39.1 Å². The van der Waals surface area contributed by atoms with Crippen LogP contribution in [0.25, 0.3) is 0 Å². The van der Waals surface area contributed by atoms with Crippen molar-refractivity contribution in [1.82, 2.24) is 9.21 Å². The van der Waals surface area contributed by atoms with Gasteiger partial charge in [0.05, 0.1) is 17.3 Å². The molecule has 0 aromatic heterocycles. The second-order valence-electron chi connectivity index (χ2n) is 7.02. The van der Waals surface area contributed by atoms with Crippen LogP contribution >= 0.6 is 11.6 Å². The van der Waals surface area contributed by atoms with E-state index in [0.717, 1.165) is 30.0 Å². The normalized spacial score (nSPS) is 19.8. The number of carbonyl (C=O) groups is 2. The Balaban J connectivity index is 1.80. The van der Waals surface area contributed by atoms with Crippen LogP contribution in [-0.2, 0) is 19.6 Å². The Morgan fingerprint density at radius 1 is 1.39 bits per heavy atom. The molecule has 2 heterocycles. The Morgan fingerprint density at radius 3 is 2.86 bits per heavy atom. The van der Waals surface area contributed by atoms with Crippen LogP contribution in [0.4, 0.5) is 5.69 Å². The number of nitrogens with zero attached hydrogens (tertiary/aromatic N) is 2. The van der Waals surface area contributed by atoms with Crippen molar-refractivity contribution in [3.05, 3.63) is 17.2 Å². The van der Waals surface area contributed by atoms with Gasteiger partial charge in [0.1, 0.15) is 10.6 Å². The number of anilines is 1. The molecular weight excluding hydrogens is 406 g/mol. The number of benzene rings is 1. The molecule has 1 aromatic rings. The van der Waals surface area contributed by atoms with Gasteiger partial charge in [0, 0.05) is 25.7 Å². The summed E-state index contributed by atoms with van der Waals surface area (Å²) in [4.78, 5) is 25.7. The summed E-state index contributed by atoms with van der Waals surface area (Å²) >= 11 is 6.16. The van der Waals surface area contributed by atoms with E-state index in [1.54, 1.807) is 4.90 Å². The summed E-state index contributed by atoms with van der Waals surface area (Å²) < 4.78 is 32.3. The number of piperidine rings is 1. The van der Waals surface area contributed by atoms with Gasteiger partial charge in [-0.1, -0.05) is 18.5 Å². The molecule has 0 aliphatic carbocycles. The van der Waals surface area contributed by atoms with Crippen LogP contribution in [0.5, 0.6) is 5.75 Å². The number of likely N-dealkylation sites (N-methyl/N-ethyl adjacent to an activating group) is 1. The van der Waals surface area contributed by atoms with Crippen molar-refractivity contribution in [2.24, 2.45) is 0 Å². The Kier molecular flexibility index (Phi) is 6.16. The van der Waals surface area contributed by atoms with E-state index in [1.807, 2.05) is 6.92 Å². The van der Waals surface area contributed by atoms with Gasteiger partial charge in [-0.25, -0.2) is 8.42 Å². The van der Waals surface area contributed by atoms with Crippen LogP contribution in [0.2, 0.25) is 5.02 Å². The quantitative estimate of drug-likeness (QED) is 0.773. The van der Waals surface area contributed by atoms with Gasteiger partial charge in [0.2, 0.25) is 15.9 Å². The Morgan fingerprint density at radius 2 is 2.14 bits per heavy atom. The fourth-order valence-electron chi connectivity index (χ4n) is 3.57. The van der Waals surface area contributed by atoms with E-state index in [1.165, 1.54) is 19.2 Å². The number of amides is 2. The van der Waals surface area contributed by atoms with Crippen molar-refractivity contribution in [2.45, 2.75) is 43.5 Å². The molecule has 8 nitrogen and oxygen atoms in total. The molecule has 0 saturated carbocycles. The third-order valence-electron chi connectivity index (χ3n) is 5.13.